The number of carbonyl (C=O) groups is 1. The number of rotatable bonds is 2. The van der Waals surface area contributed by atoms with Gasteiger partial charge in [-0.3, -0.25) is 4.79 Å². The molecule has 4 heteroatoms. The van der Waals surface area contributed by atoms with Gasteiger partial charge in [-0.05, 0) is 12.1 Å². The first-order valence-electron chi connectivity index (χ1n) is 4.36. The third kappa shape index (κ3) is 1.79. The maximum absolute atomic E-state index is 10.4. The highest BCUT2D eigenvalue weighted by molar-refractivity contribution is 5.67. The Balaban J connectivity index is 2.09. The molecule has 1 aromatic rings. The molecular weight excluding hydrogens is 184 g/mol. The molecule has 2 rings (SSSR count). The molecule has 0 fully saturated rings. The van der Waals surface area contributed by atoms with Crippen molar-refractivity contribution in [3.05, 3.63) is 24.3 Å². The first kappa shape index (κ1) is 8.87. The van der Waals surface area contributed by atoms with Gasteiger partial charge in [0.1, 0.15) is 12.7 Å². The van der Waals surface area contributed by atoms with E-state index in [1.165, 1.54) is 0 Å². The Morgan fingerprint density at radius 2 is 2.14 bits per heavy atom. The van der Waals surface area contributed by atoms with E-state index in [2.05, 4.69) is 0 Å². The van der Waals surface area contributed by atoms with Crippen molar-refractivity contribution in [3.8, 4) is 11.5 Å². The summed E-state index contributed by atoms with van der Waals surface area (Å²) in [6.45, 7) is 0.295. The Morgan fingerprint density at radius 3 is 2.86 bits per heavy atom. The van der Waals surface area contributed by atoms with Crippen LogP contribution < -0.4 is 9.47 Å². The van der Waals surface area contributed by atoms with Gasteiger partial charge in [-0.1, -0.05) is 12.1 Å². The van der Waals surface area contributed by atoms with Crippen LogP contribution in [0, 0.1) is 0 Å². The van der Waals surface area contributed by atoms with Gasteiger partial charge in [0.2, 0.25) is 0 Å². The highest BCUT2D eigenvalue weighted by Crippen LogP contribution is 2.31. The van der Waals surface area contributed by atoms with Crippen molar-refractivity contribution in [2.24, 2.45) is 0 Å². The summed E-state index contributed by atoms with van der Waals surface area (Å²) < 4.78 is 10.8. The third-order valence-corrected chi connectivity index (χ3v) is 1.97. The molecule has 0 amide bonds. The summed E-state index contributed by atoms with van der Waals surface area (Å²) in [5.41, 5.74) is 0. The summed E-state index contributed by atoms with van der Waals surface area (Å²) in [6.07, 6.45) is -0.420. The van der Waals surface area contributed by atoms with Crippen molar-refractivity contribution in [1.82, 2.24) is 0 Å². The van der Waals surface area contributed by atoms with Crippen LogP contribution in [0.4, 0.5) is 0 Å². The molecule has 4 nitrogen and oxygen atoms in total. The first-order valence-corrected chi connectivity index (χ1v) is 4.36. The molecule has 0 aliphatic carbocycles. The number of hydrogen-bond donors (Lipinski definition) is 1. The topological polar surface area (TPSA) is 55.8 Å². The standard InChI is InChI=1S/C10H10O4/c11-10(12)5-7-6-13-8-3-1-2-4-9(8)14-7/h1-4,7H,5-6H2,(H,11,12). The normalized spacial score (nSPS) is 19.0. The largest absolute Gasteiger partial charge is 0.486 e. The zero-order chi connectivity index (χ0) is 9.97. The van der Waals surface area contributed by atoms with Gasteiger partial charge in [0, 0.05) is 0 Å². The van der Waals surface area contributed by atoms with Gasteiger partial charge < -0.3 is 14.6 Å². The van der Waals surface area contributed by atoms with E-state index in [0.717, 1.165) is 0 Å². The number of hydrogen-bond acceptors (Lipinski definition) is 3. The van der Waals surface area contributed by atoms with Crippen LogP contribution in [-0.4, -0.2) is 23.8 Å². The van der Waals surface area contributed by atoms with Crippen LogP contribution in [-0.2, 0) is 4.79 Å². The van der Waals surface area contributed by atoms with Crippen LogP contribution in [0.3, 0.4) is 0 Å². The second-order valence-corrected chi connectivity index (χ2v) is 3.10. The molecule has 1 heterocycles. The predicted octanol–water partition coefficient (Wildman–Crippen LogP) is 1.30. The van der Waals surface area contributed by atoms with Gasteiger partial charge >= 0.3 is 5.97 Å². The number of benzene rings is 1. The van der Waals surface area contributed by atoms with E-state index < -0.39 is 5.97 Å². The average Bonchev–Trinajstić information content (AvgIpc) is 2.17. The zero-order valence-electron chi connectivity index (χ0n) is 7.47. The molecule has 1 N–H and O–H groups in total. The van der Waals surface area contributed by atoms with Crippen LogP contribution in [0.1, 0.15) is 6.42 Å². The van der Waals surface area contributed by atoms with Gasteiger partial charge in [0.05, 0.1) is 6.42 Å². The lowest BCUT2D eigenvalue weighted by Gasteiger charge is -2.25. The van der Waals surface area contributed by atoms with E-state index in [1.54, 1.807) is 12.1 Å². The Labute approximate surface area is 81.1 Å². The van der Waals surface area contributed by atoms with Crippen LogP contribution in [0.5, 0.6) is 11.5 Å². The Hall–Kier alpha value is -1.71. The smallest absolute Gasteiger partial charge is 0.307 e. The monoisotopic (exact) mass is 194 g/mol. The van der Waals surface area contributed by atoms with Gasteiger partial charge in [-0.2, -0.15) is 0 Å². The van der Waals surface area contributed by atoms with Crippen molar-refractivity contribution in [2.45, 2.75) is 12.5 Å². The average molecular weight is 194 g/mol. The predicted molar refractivity (Wildman–Crippen MR) is 48.6 cm³/mol. The Kier molecular flexibility index (Phi) is 2.26. The van der Waals surface area contributed by atoms with E-state index in [9.17, 15) is 4.79 Å². The molecular formula is C10H10O4. The number of aliphatic carboxylic acids is 1. The van der Waals surface area contributed by atoms with Crippen molar-refractivity contribution < 1.29 is 19.4 Å². The molecule has 1 aliphatic rings. The van der Waals surface area contributed by atoms with E-state index in [4.69, 9.17) is 14.6 Å². The zero-order valence-corrected chi connectivity index (χ0v) is 7.47. The van der Waals surface area contributed by atoms with Gasteiger partial charge in [-0.15, -0.1) is 0 Å². The van der Waals surface area contributed by atoms with E-state index in [1.807, 2.05) is 12.1 Å². The second-order valence-electron chi connectivity index (χ2n) is 3.10. The third-order valence-electron chi connectivity index (χ3n) is 1.97. The minimum absolute atomic E-state index is 0.0334. The molecule has 14 heavy (non-hydrogen) atoms. The lowest BCUT2D eigenvalue weighted by atomic mass is 10.2. The molecule has 0 radical (unpaired) electrons. The van der Waals surface area contributed by atoms with Crippen LogP contribution in [0.25, 0.3) is 0 Å². The van der Waals surface area contributed by atoms with Crippen molar-refractivity contribution in [2.75, 3.05) is 6.61 Å². The maximum atomic E-state index is 10.4. The van der Waals surface area contributed by atoms with Crippen molar-refractivity contribution >= 4 is 5.97 Å². The van der Waals surface area contributed by atoms with E-state index in [-0.39, 0.29) is 12.5 Å². The fourth-order valence-corrected chi connectivity index (χ4v) is 1.36. The number of ether oxygens (including phenoxy) is 2. The summed E-state index contributed by atoms with van der Waals surface area (Å²) in [4.78, 5) is 10.4. The molecule has 0 aromatic heterocycles. The molecule has 0 saturated carbocycles. The van der Waals surface area contributed by atoms with Crippen LogP contribution >= 0.6 is 0 Å². The fourth-order valence-electron chi connectivity index (χ4n) is 1.36. The molecule has 0 spiro atoms. The first-order chi connectivity index (χ1) is 6.75. The molecule has 1 atom stereocenters. The van der Waals surface area contributed by atoms with Crippen LogP contribution in [0.2, 0.25) is 0 Å². The summed E-state index contributed by atoms with van der Waals surface area (Å²) >= 11 is 0. The number of para-hydroxylation sites is 2. The minimum Gasteiger partial charge on any atom is -0.486 e. The molecule has 74 valence electrons. The molecule has 0 saturated heterocycles. The van der Waals surface area contributed by atoms with Gasteiger partial charge in [0.15, 0.2) is 11.5 Å². The second kappa shape index (κ2) is 3.57. The van der Waals surface area contributed by atoms with Gasteiger partial charge in [-0.25, -0.2) is 0 Å². The quantitative estimate of drug-likeness (QED) is 0.771. The number of fused-ring (bicyclic) bond motifs is 1. The minimum atomic E-state index is -0.877. The number of carboxylic acids is 1. The van der Waals surface area contributed by atoms with Crippen molar-refractivity contribution in [3.63, 3.8) is 0 Å². The number of carboxylic acid groups (broad SMARTS) is 1. The molecule has 1 aliphatic heterocycles. The lowest BCUT2D eigenvalue weighted by Crippen LogP contribution is -2.31. The summed E-state index contributed by atoms with van der Waals surface area (Å²) in [5, 5.41) is 8.58. The SMILES string of the molecule is O=C(O)CC1COc2ccccc2O1. The summed E-state index contributed by atoms with van der Waals surface area (Å²) in [5.74, 6) is 0.414. The van der Waals surface area contributed by atoms with Gasteiger partial charge in [0.25, 0.3) is 0 Å². The van der Waals surface area contributed by atoms with E-state index in [0.29, 0.717) is 18.1 Å². The summed E-state index contributed by atoms with van der Waals surface area (Å²) in [7, 11) is 0. The van der Waals surface area contributed by atoms with Crippen molar-refractivity contribution in [1.29, 1.82) is 0 Å². The highest BCUT2D eigenvalue weighted by Gasteiger charge is 2.22. The molecule has 1 aromatic carbocycles. The molecule has 0 bridgehead atoms. The summed E-state index contributed by atoms with van der Waals surface area (Å²) in [6, 6.07) is 7.24. The highest BCUT2D eigenvalue weighted by atomic mass is 16.6. The Bertz CT molecular complexity index is 348. The lowest BCUT2D eigenvalue weighted by molar-refractivity contribution is -0.139. The Morgan fingerprint density at radius 1 is 1.43 bits per heavy atom. The fraction of sp³-hybridized carbons (Fsp3) is 0.300. The van der Waals surface area contributed by atoms with Crippen LogP contribution in [0.15, 0.2) is 24.3 Å². The van der Waals surface area contributed by atoms with E-state index >= 15 is 0 Å². The maximum Gasteiger partial charge on any atom is 0.307 e. The molecule has 1 unspecified atom stereocenters.